The first-order valence-corrected chi connectivity index (χ1v) is 7.37. The SMILES string of the molecule is CC(NC(=O)CCc1ccccc1)c1nnc2ccccn12. The highest BCUT2D eigenvalue weighted by Crippen LogP contribution is 2.12. The molecule has 1 N–H and O–H groups in total. The van der Waals surface area contributed by atoms with Gasteiger partial charge in [0.15, 0.2) is 11.5 Å². The predicted molar refractivity (Wildman–Crippen MR) is 84.3 cm³/mol. The lowest BCUT2D eigenvalue weighted by Crippen LogP contribution is -2.28. The Kier molecular flexibility index (Phi) is 4.14. The number of pyridine rings is 1. The Morgan fingerprint density at radius 1 is 1.14 bits per heavy atom. The summed E-state index contributed by atoms with van der Waals surface area (Å²) in [6.45, 7) is 1.92. The molecule has 5 nitrogen and oxygen atoms in total. The van der Waals surface area contributed by atoms with Crippen LogP contribution in [0.4, 0.5) is 0 Å². The minimum atomic E-state index is -0.180. The molecule has 0 aliphatic carbocycles. The molecule has 1 unspecified atom stereocenters. The molecule has 0 saturated carbocycles. The molecule has 3 aromatic rings. The first kappa shape index (κ1) is 14.3. The van der Waals surface area contributed by atoms with Crippen molar-refractivity contribution in [3.8, 4) is 0 Å². The van der Waals surface area contributed by atoms with E-state index in [2.05, 4.69) is 15.5 Å². The van der Waals surface area contributed by atoms with Gasteiger partial charge < -0.3 is 5.32 Å². The zero-order valence-electron chi connectivity index (χ0n) is 12.4. The van der Waals surface area contributed by atoms with Crippen LogP contribution in [0.25, 0.3) is 5.65 Å². The fourth-order valence-corrected chi connectivity index (χ4v) is 2.44. The van der Waals surface area contributed by atoms with Gasteiger partial charge in [-0.3, -0.25) is 9.20 Å². The summed E-state index contributed by atoms with van der Waals surface area (Å²) in [4.78, 5) is 12.1. The Bertz CT molecular complexity index is 766. The van der Waals surface area contributed by atoms with Gasteiger partial charge in [-0.25, -0.2) is 0 Å². The van der Waals surface area contributed by atoms with E-state index in [-0.39, 0.29) is 11.9 Å². The molecule has 0 aliphatic heterocycles. The molecule has 22 heavy (non-hydrogen) atoms. The molecular weight excluding hydrogens is 276 g/mol. The van der Waals surface area contributed by atoms with E-state index in [0.717, 1.165) is 17.9 Å². The summed E-state index contributed by atoms with van der Waals surface area (Å²) in [6, 6.07) is 15.5. The molecule has 0 saturated heterocycles. The summed E-state index contributed by atoms with van der Waals surface area (Å²) in [7, 11) is 0. The molecule has 5 heteroatoms. The van der Waals surface area contributed by atoms with Crippen LogP contribution in [0.15, 0.2) is 54.7 Å². The number of benzene rings is 1. The van der Waals surface area contributed by atoms with Crippen LogP contribution in [-0.4, -0.2) is 20.5 Å². The Balaban J connectivity index is 1.61. The van der Waals surface area contributed by atoms with Gasteiger partial charge in [0.2, 0.25) is 5.91 Å². The highest BCUT2D eigenvalue weighted by Gasteiger charge is 2.15. The summed E-state index contributed by atoms with van der Waals surface area (Å²) in [5.41, 5.74) is 1.95. The Morgan fingerprint density at radius 3 is 2.73 bits per heavy atom. The number of aryl methyl sites for hydroxylation is 1. The van der Waals surface area contributed by atoms with Gasteiger partial charge in [0.1, 0.15) is 0 Å². The molecule has 3 rings (SSSR count). The summed E-state index contributed by atoms with van der Waals surface area (Å²) in [6.07, 6.45) is 3.10. The largest absolute Gasteiger partial charge is 0.346 e. The maximum Gasteiger partial charge on any atom is 0.220 e. The summed E-state index contributed by atoms with van der Waals surface area (Å²) in [5.74, 6) is 0.757. The van der Waals surface area contributed by atoms with Crippen LogP contribution in [0.1, 0.15) is 30.8 Å². The maximum atomic E-state index is 12.1. The molecular formula is C17H18N4O. The van der Waals surface area contributed by atoms with Gasteiger partial charge in [0, 0.05) is 12.6 Å². The van der Waals surface area contributed by atoms with Crippen molar-refractivity contribution in [2.24, 2.45) is 0 Å². The van der Waals surface area contributed by atoms with Gasteiger partial charge in [0.25, 0.3) is 0 Å². The average molecular weight is 294 g/mol. The van der Waals surface area contributed by atoms with Crippen molar-refractivity contribution in [1.82, 2.24) is 19.9 Å². The van der Waals surface area contributed by atoms with E-state index in [1.54, 1.807) is 0 Å². The third-order valence-corrected chi connectivity index (χ3v) is 3.59. The molecule has 1 atom stereocenters. The van der Waals surface area contributed by atoms with Crippen molar-refractivity contribution in [3.63, 3.8) is 0 Å². The summed E-state index contributed by atoms with van der Waals surface area (Å²) >= 11 is 0. The Hall–Kier alpha value is -2.69. The van der Waals surface area contributed by atoms with Crippen molar-refractivity contribution in [2.45, 2.75) is 25.8 Å². The maximum absolute atomic E-state index is 12.1. The molecule has 0 bridgehead atoms. The average Bonchev–Trinajstić information content (AvgIpc) is 2.98. The first-order valence-electron chi connectivity index (χ1n) is 7.37. The van der Waals surface area contributed by atoms with Gasteiger partial charge in [-0.1, -0.05) is 36.4 Å². The van der Waals surface area contributed by atoms with Crippen LogP contribution in [0.5, 0.6) is 0 Å². The number of hydrogen-bond acceptors (Lipinski definition) is 3. The minimum Gasteiger partial charge on any atom is -0.346 e. The third-order valence-electron chi connectivity index (χ3n) is 3.59. The molecule has 112 valence electrons. The summed E-state index contributed by atoms with van der Waals surface area (Å²) in [5, 5.41) is 11.2. The lowest BCUT2D eigenvalue weighted by Gasteiger charge is -2.12. The standard InChI is InChI=1S/C17H18N4O/c1-13(17-20-19-15-9-5-6-12-21(15)17)18-16(22)11-10-14-7-3-2-4-8-14/h2-9,12-13H,10-11H2,1H3,(H,18,22). The number of hydrogen-bond donors (Lipinski definition) is 1. The zero-order valence-corrected chi connectivity index (χ0v) is 12.4. The number of rotatable bonds is 5. The predicted octanol–water partition coefficient (Wildman–Crippen LogP) is 2.54. The molecule has 0 spiro atoms. The van der Waals surface area contributed by atoms with Crippen LogP contribution in [-0.2, 0) is 11.2 Å². The number of amides is 1. The molecule has 0 radical (unpaired) electrons. The van der Waals surface area contributed by atoms with Crippen LogP contribution < -0.4 is 5.32 Å². The highest BCUT2D eigenvalue weighted by atomic mass is 16.1. The molecule has 2 aromatic heterocycles. The fourth-order valence-electron chi connectivity index (χ4n) is 2.44. The second-order valence-electron chi connectivity index (χ2n) is 5.26. The molecule has 2 heterocycles. The minimum absolute atomic E-state index is 0.0176. The van der Waals surface area contributed by atoms with E-state index >= 15 is 0 Å². The molecule has 0 aliphatic rings. The van der Waals surface area contributed by atoms with E-state index in [4.69, 9.17) is 0 Å². The van der Waals surface area contributed by atoms with Crippen molar-refractivity contribution < 1.29 is 4.79 Å². The van der Waals surface area contributed by atoms with Gasteiger partial charge >= 0.3 is 0 Å². The van der Waals surface area contributed by atoms with Gasteiger partial charge in [0.05, 0.1) is 6.04 Å². The van der Waals surface area contributed by atoms with E-state index in [0.29, 0.717) is 6.42 Å². The zero-order chi connectivity index (χ0) is 15.4. The second kappa shape index (κ2) is 6.39. The number of carbonyl (C=O) groups excluding carboxylic acids is 1. The van der Waals surface area contributed by atoms with E-state index in [9.17, 15) is 4.79 Å². The van der Waals surface area contributed by atoms with Crippen LogP contribution in [0.2, 0.25) is 0 Å². The third kappa shape index (κ3) is 3.14. The number of carbonyl (C=O) groups is 1. The van der Waals surface area contributed by atoms with Gasteiger partial charge in [-0.2, -0.15) is 0 Å². The lowest BCUT2D eigenvalue weighted by atomic mass is 10.1. The summed E-state index contributed by atoms with van der Waals surface area (Å²) < 4.78 is 1.89. The first-order chi connectivity index (χ1) is 10.7. The fraction of sp³-hybridized carbons (Fsp3) is 0.235. The molecule has 1 aromatic carbocycles. The number of aromatic nitrogens is 3. The van der Waals surface area contributed by atoms with E-state index in [1.807, 2.05) is 66.1 Å². The smallest absolute Gasteiger partial charge is 0.220 e. The highest BCUT2D eigenvalue weighted by molar-refractivity contribution is 5.76. The number of fused-ring (bicyclic) bond motifs is 1. The molecule has 1 amide bonds. The quantitative estimate of drug-likeness (QED) is 0.786. The monoisotopic (exact) mass is 294 g/mol. The number of nitrogens with one attached hydrogen (secondary N) is 1. The Labute approximate surface area is 129 Å². The topological polar surface area (TPSA) is 59.3 Å². The van der Waals surface area contributed by atoms with Crippen molar-refractivity contribution >= 4 is 11.6 Å². The van der Waals surface area contributed by atoms with Crippen LogP contribution in [0.3, 0.4) is 0 Å². The normalized spacial score (nSPS) is 12.2. The van der Waals surface area contributed by atoms with Crippen molar-refractivity contribution in [1.29, 1.82) is 0 Å². The van der Waals surface area contributed by atoms with Crippen molar-refractivity contribution in [3.05, 3.63) is 66.1 Å². The van der Waals surface area contributed by atoms with E-state index in [1.165, 1.54) is 5.56 Å². The van der Waals surface area contributed by atoms with Crippen LogP contribution >= 0.6 is 0 Å². The Morgan fingerprint density at radius 2 is 1.91 bits per heavy atom. The molecule has 0 fully saturated rings. The second-order valence-corrected chi connectivity index (χ2v) is 5.26. The van der Waals surface area contributed by atoms with E-state index < -0.39 is 0 Å². The van der Waals surface area contributed by atoms with Crippen molar-refractivity contribution in [2.75, 3.05) is 0 Å². The number of nitrogens with zero attached hydrogens (tertiary/aromatic N) is 3. The lowest BCUT2D eigenvalue weighted by molar-refractivity contribution is -0.121. The van der Waals surface area contributed by atoms with Gasteiger partial charge in [-0.15, -0.1) is 10.2 Å². The van der Waals surface area contributed by atoms with Gasteiger partial charge in [-0.05, 0) is 31.0 Å². The van der Waals surface area contributed by atoms with Crippen LogP contribution in [0, 0.1) is 0 Å².